The van der Waals surface area contributed by atoms with Crippen LogP contribution >= 0.6 is 45.9 Å². The summed E-state index contributed by atoms with van der Waals surface area (Å²) < 4.78 is 0. The predicted octanol–water partition coefficient (Wildman–Crippen LogP) is 4.82. The lowest BCUT2D eigenvalue weighted by Crippen LogP contribution is -1.83. The zero-order valence-electron chi connectivity index (χ0n) is 9.43. The highest BCUT2D eigenvalue weighted by molar-refractivity contribution is 7.15. The maximum absolute atomic E-state index is 5.99. The van der Waals surface area contributed by atoms with E-state index in [0.29, 0.717) is 15.2 Å². The van der Waals surface area contributed by atoms with Gasteiger partial charge in [0.25, 0.3) is 0 Å². The summed E-state index contributed by atoms with van der Waals surface area (Å²) in [5.74, 6) is 0. The maximum Gasteiger partial charge on any atom is 0.180 e. The van der Waals surface area contributed by atoms with Gasteiger partial charge in [0.1, 0.15) is 10.7 Å². The molecular weight excluding hydrogens is 321 g/mol. The summed E-state index contributed by atoms with van der Waals surface area (Å²) in [7, 11) is 0. The molecule has 0 atom stereocenters. The highest BCUT2D eigenvalue weighted by Gasteiger charge is 2.10. The van der Waals surface area contributed by atoms with Crippen LogP contribution in [0.15, 0.2) is 29.0 Å². The summed E-state index contributed by atoms with van der Waals surface area (Å²) >= 11 is 14.9. The van der Waals surface area contributed by atoms with Crippen LogP contribution in [0.25, 0.3) is 22.0 Å². The van der Waals surface area contributed by atoms with Crippen molar-refractivity contribution >= 4 is 51.0 Å². The van der Waals surface area contributed by atoms with Gasteiger partial charge in [-0.1, -0.05) is 23.2 Å². The van der Waals surface area contributed by atoms with Crippen molar-refractivity contribution in [2.24, 2.45) is 0 Å². The van der Waals surface area contributed by atoms with Crippen molar-refractivity contribution < 1.29 is 0 Å². The van der Waals surface area contributed by atoms with Gasteiger partial charge in [0.05, 0.1) is 5.69 Å². The van der Waals surface area contributed by atoms with E-state index in [4.69, 9.17) is 28.9 Å². The van der Waals surface area contributed by atoms with Gasteiger partial charge < -0.3 is 5.73 Å². The largest absolute Gasteiger partial charge is 0.375 e. The number of anilines is 1. The standard InChI is InChI=1S/C12H7Cl2N3S2/c13-7-1-6(2-8(14)3-7)9-4-18-11(16-9)10-5-19-12(15)17-10/h1-5H,(H2,15,17). The molecule has 2 N–H and O–H groups in total. The van der Waals surface area contributed by atoms with Gasteiger partial charge in [0.2, 0.25) is 0 Å². The Morgan fingerprint density at radius 3 is 2.21 bits per heavy atom. The molecule has 0 radical (unpaired) electrons. The van der Waals surface area contributed by atoms with E-state index in [-0.39, 0.29) is 0 Å². The average molecular weight is 328 g/mol. The quantitative estimate of drug-likeness (QED) is 0.733. The summed E-state index contributed by atoms with van der Waals surface area (Å²) in [5, 5.41) is 6.40. The van der Waals surface area contributed by atoms with Crippen molar-refractivity contribution in [1.82, 2.24) is 9.97 Å². The van der Waals surface area contributed by atoms with Crippen LogP contribution in [0.5, 0.6) is 0 Å². The Labute approximate surface area is 127 Å². The molecular formula is C12H7Cl2N3S2. The number of hydrogen-bond acceptors (Lipinski definition) is 5. The average Bonchev–Trinajstić information content (AvgIpc) is 2.95. The Bertz CT molecular complexity index is 716. The normalized spacial score (nSPS) is 10.8. The van der Waals surface area contributed by atoms with Gasteiger partial charge in [0, 0.05) is 26.4 Å². The van der Waals surface area contributed by atoms with Crippen LogP contribution in [-0.2, 0) is 0 Å². The van der Waals surface area contributed by atoms with Crippen LogP contribution in [0.2, 0.25) is 10.0 Å². The van der Waals surface area contributed by atoms with Crippen LogP contribution in [0, 0.1) is 0 Å². The van der Waals surface area contributed by atoms with E-state index in [0.717, 1.165) is 22.0 Å². The number of nitrogens with zero attached hydrogens (tertiary/aromatic N) is 2. The molecule has 0 amide bonds. The second kappa shape index (κ2) is 5.09. The number of nitrogens with two attached hydrogens (primary N) is 1. The third-order valence-corrected chi connectivity index (χ3v) is 4.38. The van der Waals surface area contributed by atoms with E-state index < -0.39 is 0 Å². The van der Waals surface area contributed by atoms with Crippen LogP contribution in [-0.4, -0.2) is 9.97 Å². The summed E-state index contributed by atoms with van der Waals surface area (Å²) in [5.41, 5.74) is 8.14. The van der Waals surface area contributed by atoms with Crippen molar-refractivity contribution in [3.63, 3.8) is 0 Å². The molecule has 19 heavy (non-hydrogen) atoms. The molecule has 3 nitrogen and oxygen atoms in total. The monoisotopic (exact) mass is 327 g/mol. The molecule has 1 aromatic carbocycles. The van der Waals surface area contributed by atoms with E-state index in [1.165, 1.54) is 22.7 Å². The summed E-state index contributed by atoms with van der Waals surface area (Å²) in [6.07, 6.45) is 0. The van der Waals surface area contributed by atoms with Gasteiger partial charge in [-0.2, -0.15) is 0 Å². The summed E-state index contributed by atoms with van der Waals surface area (Å²) in [6.45, 7) is 0. The van der Waals surface area contributed by atoms with E-state index in [1.807, 2.05) is 22.9 Å². The molecule has 0 spiro atoms. The minimum Gasteiger partial charge on any atom is -0.375 e. The molecule has 3 rings (SSSR count). The number of rotatable bonds is 2. The fourth-order valence-electron chi connectivity index (χ4n) is 1.61. The Morgan fingerprint density at radius 2 is 1.58 bits per heavy atom. The van der Waals surface area contributed by atoms with Gasteiger partial charge >= 0.3 is 0 Å². The lowest BCUT2D eigenvalue weighted by molar-refractivity contribution is 1.34. The molecule has 0 bridgehead atoms. The lowest BCUT2D eigenvalue weighted by atomic mass is 10.2. The molecule has 0 aliphatic heterocycles. The molecule has 96 valence electrons. The van der Waals surface area contributed by atoms with Gasteiger partial charge in [-0.05, 0) is 18.2 Å². The van der Waals surface area contributed by atoms with Crippen LogP contribution in [0.1, 0.15) is 0 Å². The molecule has 7 heteroatoms. The van der Waals surface area contributed by atoms with Gasteiger partial charge in [-0.15, -0.1) is 22.7 Å². The van der Waals surface area contributed by atoms with E-state index in [1.54, 1.807) is 6.07 Å². The first-order valence-corrected chi connectivity index (χ1v) is 7.77. The third-order valence-electron chi connectivity index (χ3n) is 2.40. The lowest BCUT2D eigenvalue weighted by Gasteiger charge is -1.99. The minimum atomic E-state index is 0.539. The fourth-order valence-corrected chi connectivity index (χ4v) is 3.55. The number of halogens is 2. The number of hydrogen-bond donors (Lipinski definition) is 1. The molecule has 3 aromatic rings. The molecule has 0 aliphatic carbocycles. The Morgan fingerprint density at radius 1 is 0.895 bits per heavy atom. The zero-order chi connectivity index (χ0) is 13.4. The van der Waals surface area contributed by atoms with E-state index >= 15 is 0 Å². The number of thiazole rings is 2. The highest BCUT2D eigenvalue weighted by Crippen LogP contribution is 2.32. The fraction of sp³-hybridized carbons (Fsp3) is 0. The molecule has 0 saturated carbocycles. The van der Waals surface area contributed by atoms with Gasteiger partial charge in [-0.3, -0.25) is 0 Å². The maximum atomic E-state index is 5.99. The molecule has 0 aliphatic rings. The third kappa shape index (κ3) is 2.74. The van der Waals surface area contributed by atoms with Crippen molar-refractivity contribution in [2.75, 3.05) is 5.73 Å². The van der Waals surface area contributed by atoms with Crippen LogP contribution in [0.3, 0.4) is 0 Å². The Kier molecular flexibility index (Phi) is 3.45. The second-order valence-electron chi connectivity index (χ2n) is 3.77. The first kappa shape index (κ1) is 12.9. The molecule has 2 heterocycles. The first-order valence-electron chi connectivity index (χ1n) is 5.25. The van der Waals surface area contributed by atoms with Gasteiger partial charge in [-0.25, -0.2) is 9.97 Å². The molecule has 0 fully saturated rings. The molecule has 0 saturated heterocycles. The van der Waals surface area contributed by atoms with Crippen LogP contribution < -0.4 is 5.73 Å². The predicted molar refractivity (Wildman–Crippen MR) is 83.1 cm³/mol. The Hall–Kier alpha value is -1.14. The van der Waals surface area contributed by atoms with Crippen molar-refractivity contribution in [3.8, 4) is 22.0 Å². The van der Waals surface area contributed by atoms with Crippen molar-refractivity contribution in [3.05, 3.63) is 39.0 Å². The number of aromatic nitrogens is 2. The van der Waals surface area contributed by atoms with Crippen molar-refractivity contribution in [2.45, 2.75) is 0 Å². The second-order valence-corrected chi connectivity index (χ2v) is 6.39. The van der Waals surface area contributed by atoms with Crippen molar-refractivity contribution in [1.29, 1.82) is 0 Å². The minimum absolute atomic E-state index is 0.539. The first-order chi connectivity index (χ1) is 9.11. The zero-order valence-corrected chi connectivity index (χ0v) is 12.6. The van der Waals surface area contributed by atoms with E-state index in [2.05, 4.69) is 9.97 Å². The van der Waals surface area contributed by atoms with Gasteiger partial charge in [0.15, 0.2) is 5.13 Å². The summed E-state index contributed by atoms with van der Waals surface area (Å²) in [6, 6.07) is 5.37. The smallest absolute Gasteiger partial charge is 0.180 e. The topological polar surface area (TPSA) is 51.8 Å². The number of benzene rings is 1. The Balaban J connectivity index is 2.01. The molecule has 0 unspecified atom stereocenters. The number of nitrogen functional groups attached to an aromatic ring is 1. The van der Waals surface area contributed by atoms with Crippen LogP contribution in [0.4, 0.5) is 5.13 Å². The molecule has 2 aromatic heterocycles. The SMILES string of the molecule is Nc1nc(-c2nc(-c3cc(Cl)cc(Cl)c3)cs2)cs1. The summed E-state index contributed by atoms with van der Waals surface area (Å²) in [4.78, 5) is 8.75. The van der Waals surface area contributed by atoms with E-state index in [9.17, 15) is 0 Å². The highest BCUT2D eigenvalue weighted by atomic mass is 35.5.